The fourth-order valence-electron chi connectivity index (χ4n) is 3.72. The maximum Gasteiger partial charge on any atom is 0.218 e. The Bertz CT molecular complexity index is 856. The van der Waals surface area contributed by atoms with Crippen molar-refractivity contribution in [3.05, 3.63) is 54.0 Å². The quantitative estimate of drug-likeness (QED) is 0.695. The van der Waals surface area contributed by atoms with Gasteiger partial charge in [0.1, 0.15) is 16.9 Å². The number of ether oxygens (including phenoxy) is 1. The lowest BCUT2D eigenvalue weighted by Gasteiger charge is -2.42. The van der Waals surface area contributed by atoms with Crippen molar-refractivity contribution in [3.63, 3.8) is 0 Å². The molecule has 1 aliphatic rings. The molecule has 25 heavy (non-hydrogen) atoms. The van der Waals surface area contributed by atoms with Gasteiger partial charge in [0, 0.05) is 18.0 Å². The number of hydrogen-bond donors (Lipinski definition) is 0. The van der Waals surface area contributed by atoms with Crippen molar-refractivity contribution in [2.75, 3.05) is 0 Å². The van der Waals surface area contributed by atoms with E-state index in [0.29, 0.717) is 11.4 Å². The first-order valence-electron chi connectivity index (χ1n) is 8.71. The maximum atomic E-state index is 13.9. The average Bonchev–Trinajstić information content (AvgIpc) is 2.52. The third-order valence-corrected chi connectivity index (χ3v) is 4.66. The largest absolute Gasteiger partial charge is 0.471 e. The molecule has 0 radical (unpaired) electrons. The number of rotatable bonds is 4. The molecular formula is C21H25FN2O. The average molecular weight is 340 g/mol. The summed E-state index contributed by atoms with van der Waals surface area (Å²) in [5.74, 6) is 0.263. The summed E-state index contributed by atoms with van der Waals surface area (Å²) >= 11 is 0. The number of para-hydroxylation sites is 1. The molecular weight excluding hydrogens is 315 g/mol. The van der Waals surface area contributed by atoms with Gasteiger partial charge >= 0.3 is 0 Å². The Labute approximate surface area is 148 Å². The molecule has 1 aliphatic heterocycles. The first kappa shape index (κ1) is 17.6. The van der Waals surface area contributed by atoms with Crippen LogP contribution >= 0.6 is 0 Å². The number of aliphatic imine (C=N–C) groups is 1. The number of fused-ring (bicyclic) bond motifs is 1. The monoisotopic (exact) mass is 340 g/mol. The lowest BCUT2D eigenvalue weighted by Crippen LogP contribution is -2.45. The van der Waals surface area contributed by atoms with Crippen molar-refractivity contribution in [2.45, 2.75) is 58.1 Å². The summed E-state index contributed by atoms with van der Waals surface area (Å²) in [5.41, 5.74) is 1.71. The molecule has 2 heterocycles. The lowest BCUT2D eigenvalue weighted by molar-refractivity contribution is 0.0374. The molecule has 3 rings (SSSR count). The maximum absolute atomic E-state index is 13.9. The molecule has 0 saturated carbocycles. The molecule has 0 bridgehead atoms. The van der Waals surface area contributed by atoms with E-state index in [-0.39, 0.29) is 17.0 Å². The summed E-state index contributed by atoms with van der Waals surface area (Å²) in [5, 5.41) is 0.745. The Morgan fingerprint density at radius 3 is 2.80 bits per heavy atom. The Balaban J connectivity index is 2.10. The van der Waals surface area contributed by atoms with Crippen LogP contribution in [0.15, 0.2) is 47.6 Å². The van der Waals surface area contributed by atoms with Crippen LogP contribution in [-0.4, -0.2) is 22.0 Å². The van der Waals surface area contributed by atoms with Gasteiger partial charge in [0.2, 0.25) is 5.90 Å². The van der Waals surface area contributed by atoms with Gasteiger partial charge in [0.15, 0.2) is 0 Å². The molecule has 3 nitrogen and oxygen atoms in total. The molecule has 1 aromatic carbocycles. The van der Waals surface area contributed by atoms with E-state index in [1.165, 1.54) is 6.07 Å². The van der Waals surface area contributed by atoms with Crippen LogP contribution in [0, 0.1) is 5.82 Å². The summed E-state index contributed by atoms with van der Waals surface area (Å²) in [6, 6.07) is 6.85. The highest BCUT2D eigenvalue weighted by Crippen LogP contribution is 2.39. The van der Waals surface area contributed by atoms with Gasteiger partial charge in [0.25, 0.3) is 0 Å². The van der Waals surface area contributed by atoms with E-state index in [0.717, 1.165) is 35.8 Å². The smallest absolute Gasteiger partial charge is 0.218 e. The molecule has 2 aromatic rings. The molecule has 0 amide bonds. The highest BCUT2D eigenvalue weighted by atomic mass is 19.1. The zero-order valence-corrected chi connectivity index (χ0v) is 15.4. The molecule has 1 unspecified atom stereocenters. The van der Waals surface area contributed by atoms with E-state index in [1.54, 1.807) is 12.3 Å². The molecule has 0 fully saturated rings. The molecule has 0 saturated heterocycles. The fourth-order valence-corrected chi connectivity index (χ4v) is 3.72. The number of nitrogens with zero attached hydrogens (tertiary/aromatic N) is 2. The minimum Gasteiger partial charge on any atom is -0.471 e. The third-order valence-electron chi connectivity index (χ3n) is 4.66. The van der Waals surface area contributed by atoms with Crippen LogP contribution in [0.4, 0.5) is 4.39 Å². The van der Waals surface area contributed by atoms with E-state index in [4.69, 9.17) is 9.73 Å². The summed E-state index contributed by atoms with van der Waals surface area (Å²) < 4.78 is 20.0. The molecule has 4 heteroatoms. The second kappa shape index (κ2) is 6.25. The van der Waals surface area contributed by atoms with Crippen LogP contribution in [0.5, 0.6) is 0 Å². The highest BCUT2D eigenvalue weighted by molar-refractivity contribution is 5.98. The van der Waals surface area contributed by atoms with E-state index in [9.17, 15) is 4.39 Å². The molecule has 0 N–H and O–H groups in total. The van der Waals surface area contributed by atoms with Crippen LogP contribution in [0.25, 0.3) is 10.9 Å². The van der Waals surface area contributed by atoms with Gasteiger partial charge in [-0.1, -0.05) is 24.6 Å². The van der Waals surface area contributed by atoms with Gasteiger partial charge in [-0.25, -0.2) is 9.38 Å². The Morgan fingerprint density at radius 2 is 2.12 bits per heavy atom. The van der Waals surface area contributed by atoms with Crippen molar-refractivity contribution in [1.29, 1.82) is 0 Å². The predicted octanol–water partition coefficient (Wildman–Crippen LogP) is 5.43. The number of benzene rings is 1. The van der Waals surface area contributed by atoms with Crippen LogP contribution in [-0.2, 0) is 4.74 Å². The minimum atomic E-state index is -0.334. The first-order chi connectivity index (χ1) is 11.7. The summed E-state index contributed by atoms with van der Waals surface area (Å²) in [7, 11) is 0. The molecule has 0 aliphatic carbocycles. The Hall–Kier alpha value is -2.23. The van der Waals surface area contributed by atoms with Gasteiger partial charge < -0.3 is 4.74 Å². The highest BCUT2D eigenvalue weighted by Gasteiger charge is 2.41. The topological polar surface area (TPSA) is 34.5 Å². The van der Waals surface area contributed by atoms with Gasteiger partial charge in [-0.2, -0.15) is 0 Å². The van der Waals surface area contributed by atoms with Gasteiger partial charge in [0.05, 0.1) is 11.1 Å². The van der Waals surface area contributed by atoms with Crippen LogP contribution in [0.3, 0.4) is 0 Å². The third kappa shape index (κ3) is 3.58. The molecule has 1 atom stereocenters. The normalized spacial score (nSPS) is 22.4. The van der Waals surface area contributed by atoms with Crippen molar-refractivity contribution < 1.29 is 9.13 Å². The zero-order valence-electron chi connectivity index (χ0n) is 15.4. The molecule has 0 spiro atoms. The fraction of sp³-hybridized carbons (Fsp3) is 0.429. The standard InChI is InChI=1S/C21H25FN2O/c1-6-21(11-14(2)3)13-20(4,5)25-19(24-21)16-10-15-8-7-9-17(22)18(15)23-12-16/h7-10,12H,2,6,11,13H2,1,3-5H3. The second-order valence-corrected chi connectivity index (χ2v) is 7.70. The number of aromatic nitrogens is 1. The van der Waals surface area contributed by atoms with Crippen molar-refractivity contribution >= 4 is 16.8 Å². The van der Waals surface area contributed by atoms with Crippen molar-refractivity contribution in [2.24, 2.45) is 4.99 Å². The van der Waals surface area contributed by atoms with Crippen LogP contribution in [0.1, 0.15) is 52.5 Å². The molecule has 1 aromatic heterocycles. The summed E-state index contributed by atoms with van der Waals surface area (Å²) in [6.45, 7) is 12.4. The number of halogens is 1. The van der Waals surface area contributed by atoms with Crippen molar-refractivity contribution in [1.82, 2.24) is 4.98 Å². The van der Waals surface area contributed by atoms with E-state index in [2.05, 4.69) is 32.3 Å². The predicted molar refractivity (Wildman–Crippen MR) is 100 cm³/mol. The lowest BCUT2D eigenvalue weighted by atomic mass is 9.79. The van der Waals surface area contributed by atoms with E-state index in [1.807, 2.05) is 19.1 Å². The second-order valence-electron chi connectivity index (χ2n) is 7.70. The zero-order chi connectivity index (χ0) is 18.2. The summed E-state index contributed by atoms with van der Waals surface area (Å²) in [4.78, 5) is 9.25. The van der Waals surface area contributed by atoms with Crippen molar-refractivity contribution in [3.8, 4) is 0 Å². The van der Waals surface area contributed by atoms with Gasteiger partial charge in [-0.05, 0) is 45.7 Å². The summed E-state index contributed by atoms with van der Waals surface area (Å²) in [6.07, 6.45) is 4.22. The first-order valence-corrected chi connectivity index (χ1v) is 8.71. The van der Waals surface area contributed by atoms with Gasteiger partial charge in [-0.15, -0.1) is 6.58 Å². The molecule has 132 valence electrons. The van der Waals surface area contributed by atoms with Gasteiger partial charge in [-0.3, -0.25) is 4.98 Å². The Kier molecular flexibility index (Phi) is 4.40. The van der Waals surface area contributed by atoms with E-state index < -0.39 is 0 Å². The number of pyridine rings is 1. The number of hydrogen-bond acceptors (Lipinski definition) is 3. The van der Waals surface area contributed by atoms with Crippen LogP contribution in [0.2, 0.25) is 0 Å². The van der Waals surface area contributed by atoms with E-state index >= 15 is 0 Å². The SMILES string of the molecule is C=C(C)CC1(CC)CC(C)(C)OC(c2cnc3c(F)cccc3c2)=N1. The minimum absolute atomic E-state index is 0.222. The van der Waals surface area contributed by atoms with Crippen LogP contribution < -0.4 is 0 Å². The Morgan fingerprint density at radius 1 is 1.36 bits per heavy atom.